The number of hydroxylamine groups is 2. The Morgan fingerprint density at radius 2 is 1.48 bits per heavy atom. The van der Waals surface area contributed by atoms with E-state index in [4.69, 9.17) is 0 Å². The fourth-order valence-corrected chi connectivity index (χ4v) is 3.60. The lowest BCUT2D eigenvalue weighted by Gasteiger charge is -2.44. The minimum absolute atomic E-state index is 0.119. The lowest BCUT2D eigenvalue weighted by atomic mass is 9.65. The minimum Gasteiger partial charge on any atom is -0.392 e. The van der Waals surface area contributed by atoms with Gasteiger partial charge in [-0.25, -0.2) is 0 Å². The molecule has 0 aliphatic carbocycles. The normalized spacial score (nSPS) is 18.1. The molecule has 0 aromatic rings. The summed E-state index contributed by atoms with van der Waals surface area (Å²) in [5, 5.41) is 21.8. The van der Waals surface area contributed by atoms with E-state index < -0.39 is 11.6 Å². The maximum Gasteiger partial charge on any atom is 0.0612 e. The van der Waals surface area contributed by atoms with Crippen LogP contribution in [-0.2, 0) is 0 Å². The molecule has 0 aromatic carbocycles. The Bertz CT molecular complexity index is 310. The second kappa shape index (κ2) is 7.43. The van der Waals surface area contributed by atoms with Crippen LogP contribution >= 0.6 is 0 Å². The molecule has 2 atom stereocenters. The van der Waals surface area contributed by atoms with E-state index in [2.05, 4.69) is 41.5 Å². The van der Waals surface area contributed by atoms with Gasteiger partial charge >= 0.3 is 0 Å². The molecule has 2 unspecified atom stereocenters. The Hall–Kier alpha value is -0.120. The first-order chi connectivity index (χ1) is 9.26. The predicted octanol–water partition coefficient (Wildman–Crippen LogP) is 4.72. The first-order valence-electron chi connectivity index (χ1n) is 8.36. The van der Waals surface area contributed by atoms with Crippen molar-refractivity contribution in [1.29, 1.82) is 0 Å². The third-order valence-electron chi connectivity index (χ3n) is 5.02. The van der Waals surface area contributed by atoms with Gasteiger partial charge in [0.25, 0.3) is 0 Å². The molecule has 0 bridgehead atoms. The summed E-state index contributed by atoms with van der Waals surface area (Å²) < 4.78 is 0. The number of hydrogen-bond donors (Lipinski definition) is 2. The van der Waals surface area contributed by atoms with Crippen LogP contribution in [-0.4, -0.2) is 34.1 Å². The zero-order valence-electron chi connectivity index (χ0n) is 15.8. The van der Waals surface area contributed by atoms with Crippen molar-refractivity contribution in [3.05, 3.63) is 0 Å². The maximum atomic E-state index is 10.8. The van der Waals surface area contributed by atoms with E-state index in [1.807, 2.05) is 13.8 Å². The summed E-state index contributed by atoms with van der Waals surface area (Å²) in [6.45, 7) is 17.4. The van der Waals surface area contributed by atoms with E-state index in [0.29, 0.717) is 12.3 Å². The molecular weight excluding hydrogens is 262 g/mol. The van der Waals surface area contributed by atoms with Crippen molar-refractivity contribution in [2.75, 3.05) is 7.05 Å². The van der Waals surface area contributed by atoms with Gasteiger partial charge in [-0.2, -0.15) is 5.06 Å². The fourth-order valence-electron chi connectivity index (χ4n) is 3.60. The molecule has 0 aromatic heterocycles. The van der Waals surface area contributed by atoms with Gasteiger partial charge < -0.3 is 10.3 Å². The summed E-state index contributed by atoms with van der Waals surface area (Å²) in [5.74, 6) is 0.665. The van der Waals surface area contributed by atoms with Crippen LogP contribution in [0.2, 0.25) is 0 Å². The Balaban J connectivity index is 5.01. The first-order valence-corrected chi connectivity index (χ1v) is 8.36. The highest BCUT2D eigenvalue weighted by molar-refractivity contribution is 4.91. The van der Waals surface area contributed by atoms with Crippen LogP contribution in [0.1, 0.15) is 81.1 Å². The molecule has 0 heterocycles. The van der Waals surface area contributed by atoms with Crippen LogP contribution in [0.4, 0.5) is 0 Å². The number of aliphatic hydroxyl groups is 1. The average molecular weight is 302 g/mol. The SMILES string of the molecule is CCC(C)(CC(C)(C)CC(C)C)C(O)CC(C)(C)N(C)O. The molecule has 0 saturated heterocycles. The average Bonchev–Trinajstić information content (AvgIpc) is 2.25. The number of aliphatic hydroxyl groups excluding tert-OH is 1. The highest BCUT2D eigenvalue weighted by atomic mass is 16.5. The fraction of sp³-hybridized carbons (Fsp3) is 1.00. The van der Waals surface area contributed by atoms with Crippen molar-refractivity contribution in [3.8, 4) is 0 Å². The van der Waals surface area contributed by atoms with Gasteiger partial charge in [-0.1, -0.05) is 41.5 Å². The summed E-state index contributed by atoms with van der Waals surface area (Å²) in [5.41, 5.74) is -0.321. The van der Waals surface area contributed by atoms with Gasteiger partial charge in [-0.15, -0.1) is 0 Å². The van der Waals surface area contributed by atoms with Crippen LogP contribution in [0.5, 0.6) is 0 Å². The van der Waals surface area contributed by atoms with Crippen LogP contribution in [0, 0.1) is 16.7 Å². The lowest BCUT2D eigenvalue weighted by Crippen LogP contribution is -2.46. The second-order valence-corrected chi connectivity index (χ2v) is 9.00. The monoisotopic (exact) mass is 301 g/mol. The highest BCUT2D eigenvalue weighted by Gasteiger charge is 2.40. The molecule has 0 rings (SSSR count). The van der Waals surface area contributed by atoms with Gasteiger partial charge in [0.1, 0.15) is 0 Å². The molecule has 0 spiro atoms. The van der Waals surface area contributed by atoms with Gasteiger partial charge in [0.15, 0.2) is 0 Å². The van der Waals surface area contributed by atoms with Gasteiger partial charge in [0.05, 0.1) is 6.10 Å². The smallest absolute Gasteiger partial charge is 0.0612 e. The topological polar surface area (TPSA) is 43.7 Å². The summed E-state index contributed by atoms with van der Waals surface area (Å²) in [7, 11) is 1.65. The summed E-state index contributed by atoms with van der Waals surface area (Å²) in [4.78, 5) is 0. The van der Waals surface area contributed by atoms with E-state index in [1.165, 1.54) is 11.5 Å². The number of hydrogen-bond acceptors (Lipinski definition) is 3. The highest BCUT2D eigenvalue weighted by Crippen LogP contribution is 2.44. The van der Waals surface area contributed by atoms with Crippen molar-refractivity contribution in [3.63, 3.8) is 0 Å². The second-order valence-electron chi connectivity index (χ2n) is 9.00. The molecular formula is C18H39NO2. The minimum atomic E-state index is -0.419. The van der Waals surface area contributed by atoms with Crippen molar-refractivity contribution in [2.24, 2.45) is 16.7 Å². The lowest BCUT2D eigenvalue weighted by molar-refractivity contribution is -0.159. The molecule has 0 saturated carbocycles. The van der Waals surface area contributed by atoms with Crippen LogP contribution < -0.4 is 0 Å². The largest absolute Gasteiger partial charge is 0.392 e. The Morgan fingerprint density at radius 3 is 1.81 bits per heavy atom. The third kappa shape index (κ3) is 6.66. The van der Waals surface area contributed by atoms with Crippen molar-refractivity contribution >= 4 is 0 Å². The van der Waals surface area contributed by atoms with Gasteiger partial charge in [-0.05, 0) is 56.3 Å². The Labute approximate surface area is 132 Å². The standard InChI is InChI=1S/C18H39NO2/c1-10-18(8,13-16(4,5)11-14(2)3)15(20)12-17(6,7)19(9)21/h14-15,20-21H,10-13H2,1-9H3. The van der Waals surface area contributed by atoms with E-state index in [0.717, 1.165) is 12.8 Å². The summed E-state index contributed by atoms with van der Waals surface area (Å²) in [6.07, 6.45) is 3.27. The summed E-state index contributed by atoms with van der Waals surface area (Å²) in [6, 6.07) is 0. The first kappa shape index (κ1) is 20.9. The molecule has 0 aliphatic rings. The quantitative estimate of drug-likeness (QED) is 0.606. The van der Waals surface area contributed by atoms with Gasteiger partial charge in [0.2, 0.25) is 0 Å². The predicted molar refractivity (Wildman–Crippen MR) is 90.5 cm³/mol. The molecule has 21 heavy (non-hydrogen) atoms. The summed E-state index contributed by atoms with van der Waals surface area (Å²) >= 11 is 0. The van der Waals surface area contributed by atoms with Crippen LogP contribution in [0.15, 0.2) is 0 Å². The Kier molecular flexibility index (Phi) is 7.39. The van der Waals surface area contributed by atoms with E-state index in [9.17, 15) is 10.3 Å². The third-order valence-corrected chi connectivity index (χ3v) is 5.02. The van der Waals surface area contributed by atoms with E-state index in [1.54, 1.807) is 7.05 Å². The van der Waals surface area contributed by atoms with Gasteiger partial charge in [-0.3, -0.25) is 0 Å². The molecule has 0 fully saturated rings. The number of nitrogens with zero attached hydrogens (tertiary/aromatic N) is 1. The molecule has 0 radical (unpaired) electrons. The molecule has 0 amide bonds. The van der Waals surface area contributed by atoms with Crippen molar-refractivity contribution in [1.82, 2.24) is 5.06 Å². The Morgan fingerprint density at radius 1 is 1.00 bits per heavy atom. The number of rotatable bonds is 9. The van der Waals surface area contributed by atoms with E-state index in [-0.39, 0.29) is 10.8 Å². The molecule has 2 N–H and O–H groups in total. The van der Waals surface area contributed by atoms with Gasteiger partial charge in [0, 0.05) is 12.6 Å². The van der Waals surface area contributed by atoms with Crippen LogP contribution in [0.3, 0.4) is 0 Å². The van der Waals surface area contributed by atoms with Crippen molar-refractivity contribution in [2.45, 2.75) is 92.7 Å². The molecule has 3 heteroatoms. The zero-order valence-corrected chi connectivity index (χ0v) is 15.8. The van der Waals surface area contributed by atoms with Crippen LogP contribution in [0.25, 0.3) is 0 Å². The van der Waals surface area contributed by atoms with E-state index >= 15 is 0 Å². The zero-order chi connectivity index (χ0) is 17.1. The molecule has 3 nitrogen and oxygen atoms in total. The maximum absolute atomic E-state index is 10.8. The van der Waals surface area contributed by atoms with Crippen molar-refractivity contribution < 1.29 is 10.3 Å². The molecule has 128 valence electrons. The molecule has 0 aliphatic heterocycles.